The van der Waals surface area contributed by atoms with Gasteiger partial charge in [-0.2, -0.15) is 0 Å². The van der Waals surface area contributed by atoms with E-state index in [1.54, 1.807) is 0 Å². The van der Waals surface area contributed by atoms with Crippen molar-refractivity contribution in [3.8, 4) is 11.4 Å². The standard InChI is InChI=1S/C47H39N3/c1-46(2,32-21-26-35(27-22-32)49-41-17-9-5-13-37(41)38-14-6-10-18-42(38)49)34-25-30-45(48-31-34)47(3,4)33-23-28-36(29-24-33)50-43-19-11-7-15-39(43)40-16-8-12-20-44(40)50/h5-31H,1-4H3. The number of hydrogen-bond acceptors (Lipinski definition) is 1. The number of benzene rings is 6. The van der Waals surface area contributed by atoms with Crippen molar-refractivity contribution in [1.82, 2.24) is 14.1 Å². The molecule has 0 aliphatic heterocycles. The van der Waals surface area contributed by atoms with Crippen molar-refractivity contribution < 1.29 is 0 Å². The largest absolute Gasteiger partial charge is 0.309 e. The summed E-state index contributed by atoms with van der Waals surface area (Å²) in [6.07, 6.45) is 2.07. The van der Waals surface area contributed by atoms with Crippen LogP contribution in [-0.4, -0.2) is 14.1 Å². The van der Waals surface area contributed by atoms with Gasteiger partial charge in [0, 0.05) is 49.9 Å². The summed E-state index contributed by atoms with van der Waals surface area (Å²) in [5, 5.41) is 5.11. The third-order valence-electron chi connectivity index (χ3n) is 11.0. The minimum Gasteiger partial charge on any atom is -0.309 e. The summed E-state index contributed by atoms with van der Waals surface area (Å²) in [7, 11) is 0. The Bertz CT molecular complexity index is 2370. The molecule has 9 rings (SSSR count). The quantitative estimate of drug-likeness (QED) is 0.176. The van der Waals surface area contributed by atoms with Gasteiger partial charge in [-0.25, -0.2) is 0 Å². The van der Waals surface area contributed by atoms with Crippen LogP contribution in [0.2, 0.25) is 0 Å². The number of para-hydroxylation sites is 4. The summed E-state index contributed by atoms with van der Waals surface area (Å²) in [4.78, 5) is 5.09. The summed E-state index contributed by atoms with van der Waals surface area (Å²) >= 11 is 0. The number of fused-ring (bicyclic) bond motifs is 6. The molecule has 0 aliphatic rings. The van der Waals surface area contributed by atoms with Crippen LogP contribution in [0, 0.1) is 0 Å². The average molecular weight is 646 g/mol. The summed E-state index contributed by atoms with van der Waals surface area (Å²) in [5.74, 6) is 0. The van der Waals surface area contributed by atoms with E-state index in [-0.39, 0.29) is 10.8 Å². The van der Waals surface area contributed by atoms with Crippen molar-refractivity contribution >= 4 is 43.6 Å². The SMILES string of the molecule is CC(C)(c1ccc(-n2c3ccccc3c3ccccc32)cc1)c1ccc(C(C)(C)c2ccc(-n3c4ccccc4c4ccccc43)cc2)nc1. The van der Waals surface area contributed by atoms with Gasteiger partial charge in [-0.15, -0.1) is 0 Å². The van der Waals surface area contributed by atoms with Crippen LogP contribution in [0.5, 0.6) is 0 Å². The van der Waals surface area contributed by atoms with Gasteiger partial charge in [0.15, 0.2) is 0 Å². The molecule has 0 radical (unpaired) electrons. The van der Waals surface area contributed by atoms with E-state index in [9.17, 15) is 0 Å². The lowest BCUT2D eigenvalue weighted by Gasteiger charge is -2.29. The van der Waals surface area contributed by atoms with E-state index in [1.165, 1.54) is 66.0 Å². The van der Waals surface area contributed by atoms with Crippen LogP contribution >= 0.6 is 0 Å². The number of hydrogen-bond donors (Lipinski definition) is 0. The van der Waals surface area contributed by atoms with Gasteiger partial charge in [-0.05, 0) is 71.3 Å². The zero-order valence-corrected chi connectivity index (χ0v) is 28.9. The highest BCUT2D eigenvalue weighted by Gasteiger charge is 2.28. The third-order valence-corrected chi connectivity index (χ3v) is 11.0. The van der Waals surface area contributed by atoms with E-state index in [1.807, 2.05) is 0 Å². The molecule has 0 atom stereocenters. The Kier molecular flexibility index (Phi) is 6.82. The van der Waals surface area contributed by atoms with E-state index in [0.717, 1.165) is 11.4 Å². The van der Waals surface area contributed by atoms with Crippen molar-refractivity contribution in [1.29, 1.82) is 0 Å². The Morgan fingerprint density at radius 2 is 0.700 bits per heavy atom. The first-order valence-electron chi connectivity index (χ1n) is 17.5. The molecule has 0 fully saturated rings. The molecule has 50 heavy (non-hydrogen) atoms. The van der Waals surface area contributed by atoms with Crippen LogP contribution in [0.4, 0.5) is 0 Å². The molecule has 242 valence electrons. The second kappa shape index (κ2) is 11.3. The molecule has 9 aromatic rings. The monoisotopic (exact) mass is 645 g/mol. The van der Waals surface area contributed by atoms with Crippen LogP contribution in [0.1, 0.15) is 50.1 Å². The number of rotatable bonds is 6. The summed E-state index contributed by atoms with van der Waals surface area (Å²) in [5.41, 5.74) is 11.5. The van der Waals surface area contributed by atoms with Gasteiger partial charge in [0.25, 0.3) is 0 Å². The van der Waals surface area contributed by atoms with Crippen LogP contribution in [0.15, 0.2) is 164 Å². The average Bonchev–Trinajstić information content (AvgIpc) is 3.68. The Hall–Kier alpha value is -5.93. The van der Waals surface area contributed by atoms with E-state index < -0.39 is 0 Å². The molecule has 0 amide bonds. The van der Waals surface area contributed by atoms with Gasteiger partial charge in [-0.3, -0.25) is 4.98 Å². The number of pyridine rings is 1. The first-order chi connectivity index (χ1) is 24.3. The molecule has 3 nitrogen and oxygen atoms in total. The molecule has 3 aromatic heterocycles. The van der Waals surface area contributed by atoms with Crippen LogP contribution in [-0.2, 0) is 10.8 Å². The Morgan fingerprint density at radius 3 is 1.06 bits per heavy atom. The van der Waals surface area contributed by atoms with Gasteiger partial charge in [0.2, 0.25) is 0 Å². The van der Waals surface area contributed by atoms with E-state index in [4.69, 9.17) is 4.98 Å². The maximum atomic E-state index is 5.09. The maximum Gasteiger partial charge on any atom is 0.0541 e. The molecule has 0 unspecified atom stereocenters. The smallest absolute Gasteiger partial charge is 0.0541 e. The lowest BCUT2D eigenvalue weighted by molar-refractivity contribution is 0.603. The molecule has 0 spiro atoms. The van der Waals surface area contributed by atoms with Gasteiger partial charge in [-0.1, -0.05) is 131 Å². The maximum absolute atomic E-state index is 5.09. The normalized spacial score (nSPS) is 12.4. The van der Waals surface area contributed by atoms with Crippen molar-refractivity contribution in [2.24, 2.45) is 0 Å². The highest BCUT2D eigenvalue weighted by Crippen LogP contribution is 2.38. The molecular formula is C47H39N3. The minimum absolute atomic E-state index is 0.209. The topological polar surface area (TPSA) is 22.8 Å². The zero-order valence-electron chi connectivity index (χ0n) is 28.9. The molecular weight excluding hydrogens is 607 g/mol. The minimum atomic E-state index is -0.258. The predicted molar refractivity (Wildman–Crippen MR) is 210 cm³/mol. The first-order valence-corrected chi connectivity index (χ1v) is 17.5. The predicted octanol–water partition coefficient (Wildman–Crippen LogP) is 11.9. The van der Waals surface area contributed by atoms with Gasteiger partial charge in [0.05, 0.1) is 27.8 Å². The molecule has 6 aromatic carbocycles. The van der Waals surface area contributed by atoms with Crippen molar-refractivity contribution in [2.75, 3.05) is 0 Å². The Morgan fingerprint density at radius 1 is 0.360 bits per heavy atom. The fourth-order valence-electron chi connectivity index (χ4n) is 7.90. The lowest BCUT2D eigenvalue weighted by Crippen LogP contribution is -2.23. The summed E-state index contributed by atoms with van der Waals surface area (Å²) < 4.78 is 4.74. The second-order valence-electron chi connectivity index (χ2n) is 14.5. The molecule has 3 heteroatoms. The van der Waals surface area contributed by atoms with Crippen molar-refractivity contribution in [3.05, 3.63) is 186 Å². The molecule has 0 N–H and O–H groups in total. The fourth-order valence-corrected chi connectivity index (χ4v) is 7.90. The highest BCUT2D eigenvalue weighted by atomic mass is 15.0. The van der Waals surface area contributed by atoms with Crippen LogP contribution in [0.3, 0.4) is 0 Å². The lowest BCUT2D eigenvalue weighted by atomic mass is 9.77. The van der Waals surface area contributed by atoms with E-state index >= 15 is 0 Å². The molecule has 0 bridgehead atoms. The molecule has 3 heterocycles. The van der Waals surface area contributed by atoms with Crippen LogP contribution < -0.4 is 0 Å². The fraction of sp³-hybridized carbons (Fsp3) is 0.128. The molecule has 0 saturated carbocycles. The highest BCUT2D eigenvalue weighted by molar-refractivity contribution is 6.10. The van der Waals surface area contributed by atoms with Crippen LogP contribution in [0.25, 0.3) is 55.0 Å². The van der Waals surface area contributed by atoms with E-state index in [0.29, 0.717) is 0 Å². The Balaban J connectivity index is 0.997. The van der Waals surface area contributed by atoms with Gasteiger partial charge < -0.3 is 9.13 Å². The molecule has 0 aliphatic carbocycles. The van der Waals surface area contributed by atoms with Crippen molar-refractivity contribution in [3.63, 3.8) is 0 Å². The summed E-state index contributed by atoms with van der Waals surface area (Å²) in [6, 6.07) is 57.2. The molecule has 0 saturated heterocycles. The van der Waals surface area contributed by atoms with Gasteiger partial charge >= 0.3 is 0 Å². The first kappa shape index (κ1) is 30.2. The second-order valence-corrected chi connectivity index (χ2v) is 14.5. The summed E-state index contributed by atoms with van der Waals surface area (Å²) in [6.45, 7) is 9.11. The van der Waals surface area contributed by atoms with E-state index in [2.05, 4.69) is 201 Å². The number of aromatic nitrogens is 3. The Labute approximate surface area is 293 Å². The van der Waals surface area contributed by atoms with Crippen molar-refractivity contribution in [2.45, 2.75) is 38.5 Å². The third kappa shape index (κ3) is 4.61. The van der Waals surface area contributed by atoms with Gasteiger partial charge in [0.1, 0.15) is 0 Å². The number of nitrogens with zero attached hydrogens (tertiary/aromatic N) is 3. The zero-order chi connectivity index (χ0) is 34.0.